The summed E-state index contributed by atoms with van der Waals surface area (Å²) in [7, 11) is 3.22. The molecule has 1 fully saturated rings. The number of piperidine rings is 1. The number of halogens is 4. The molecule has 0 atom stereocenters. The van der Waals surface area contributed by atoms with Gasteiger partial charge < -0.3 is 9.80 Å². The van der Waals surface area contributed by atoms with Gasteiger partial charge in [0.05, 0.1) is 0 Å². The van der Waals surface area contributed by atoms with E-state index in [-0.39, 0.29) is 23.5 Å². The minimum atomic E-state index is -4.57. The van der Waals surface area contributed by atoms with E-state index in [0.29, 0.717) is 31.5 Å². The third kappa shape index (κ3) is 4.40. The molecule has 1 aromatic heterocycles. The van der Waals surface area contributed by atoms with Crippen LogP contribution in [0, 0.1) is 11.7 Å². The number of hydrogen-bond donors (Lipinski definition) is 0. The average molecular weight is 396 g/mol. The van der Waals surface area contributed by atoms with Gasteiger partial charge in [0.2, 0.25) is 5.95 Å². The zero-order valence-corrected chi connectivity index (χ0v) is 15.5. The molecule has 2 heterocycles. The van der Waals surface area contributed by atoms with Crippen molar-refractivity contribution in [3.63, 3.8) is 0 Å². The average Bonchev–Trinajstić information content (AvgIpc) is 2.67. The molecule has 150 valence electrons. The molecule has 0 N–H and O–H groups in total. The van der Waals surface area contributed by atoms with Crippen molar-refractivity contribution in [3.8, 4) is 0 Å². The van der Waals surface area contributed by atoms with Gasteiger partial charge in [-0.15, -0.1) is 0 Å². The maximum atomic E-state index is 13.2. The van der Waals surface area contributed by atoms with E-state index in [9.17, 15) is 22.4 Å². The topological polar surface area (TPSA) is 49.3 Å². The zero-order chi connectivity index (χ0) is 20.5. The maximum Gasteiger partial charge on any atom is 0.433 e. The van der Waals surface area contributed by atoms with E-state index in [2.05, 4.69) is 9.97 Å². The van der Waals surface area contributed by atoms with Gasteiger partial charge >= 0.3 is 6.18 Å². The minimum absolute atomic E-state index is 0.00575. The summed E-state index contributed by atoms with van der Waals surface area (Å²) >= 11 is 0. The first kappa shape index (κ1) is 20.0. The van der Waals surface area contributed by atoms with E-state index >= 15 is 0 Å². The number of carbonyl (C=O) groups excluding carboxylic acids is 1. The number of alkyl halides is 3. The molecule has 28 heavy (non-hydrogen) atoms. The van der Waals surface area contributed by atoms with Crippen molar-refractivity contribution in [2.45, 2.75) is 19.0 Å². The molecule has 5 nitrogen and oxygen atoms in total. The highest BCUT2D eigenvalue weighted by Gasteiger charge is 2.35. The summed E-state index contributed by atoms with van der Waals surface area (Å²) in [5.74, 6) is -0.586. The van der Waals surface area contributed by atoms with Gasteiger partial charge in [-0.1, -0.05) is 0 Å². The Morgan fingerprint density at radius 3 is 2.25 bits per heavy atom. The standard InChI is InChI=1S/C19H20F4N4O/c1-26(2)16-11-15(19(21,22)23)24-18(25-16)27-9-7-13(8-10-27)17(28)12-3-5-14(20)6-4-12/h3-6,11,13H,7-10H2,1-2H3. The number of aromatic nitrogens is 2. The van der Waals surface area contributed by atoms with Crippen LogP contribution in [0.2, 0.25) is 0 Å². The fourth-order valence-corrected chi connectivity index (χ4v) is 3.13. The molecule has 1 aliphatic rings. The summed E-state index contributed by atoms with van der Waals surface area (Å²) in [5.41, 5.74) is -0.559. The van der Waals surface area contributed by atoms with Gasteiger partial charge in [0.25, 0.3) is 0 Å². The predicted octanol–water partition coefficient (Wildman–Crippen LogP) is 3.80. The summed E-state index contributed by atoms with van der Waals surface area (Å²) in [6.07, 6.45) is -3.64. The van der Waals surface area contributed by atoms with Crippen LogP contribution in [0.1, 0.15) is 28.9 Å². The highest BCUT2D eigenvalue weighted by Crippen LogP contribution is 2.32. The van der Waals surface area contributed by atoms with Gasteiger partial charge in [0.1, 0.15) is 11.6 Å². The van der Waals surface area contributed by atoms with Crippen LogP contribution < -0.4 is 9.80 Å². The molecular weight excluding hydrogens is 376 g/mol. The molecule has 0 amide bonds. The first-order chi connectivity index (χ1) is 13.1. The summed E-state index contributed by atoms with van der Waals surface area (Å²) in [6, 6.07) is 6.28. The third-order valence-corrected chi connectivity index (χ3v) is 4.73. The fraction of sp³-hybridized carbons (Fsp3) is 0.421. The lowest BCUT2D eigenvalue weighted by Gasteiger charge is -2.32. The summed E-state index contributed by atoms with van der Waals surface area (Å²) in [6.45, 7) is 0.734. The van der Waals surface area contributed by atoms with Crippen molar-refractivity contribution >= 4 is 17.5 Å². The predicted molar refractivity (Wildman–Crippen MR) is 97.0 cm³/mol. The zero-order valence-electron chi connectivity index (χ0n) is 15.5. The van der Waals surface area contributed by atoms with Crippen molar-refractivity contribution < 1.29 is 22.4 Å². The Bertz CT molecular complexity index is 844. The molecule has 9 heteroatoms. The van der Waals surface area contributed by atoms with Gasteiger partial charge in [0.15, 0.2) is 11.5 Å². The van der Waals surface area contributed by atoms with Gasteiger partial charge in [-0.25, -0.2) is 9.37 Å². The van der Waals surface area contributed by atoms with Crippen LogP contribution in [0.15, 0.2) is 30.3 Å². The van der Waals surface area contributed by atoms with Crippen LogP contribution in [-0.2, 0) is 6.18 Å². The number of nitrogens with zero attached hydrogens (tertiary/aromatic N) is 4. The van der Waals surface area contributed by atoms with Crippen molar-refractivity contribution in [2.75, 3.05) is 37.0 Å². The first-order valence-corrected chi connectivity index (χ1v) is 8.83. The first-order valence-electron chi connectivity index (χ1n) is 8.83. The minimum Gasteiger partial charge on any atom is -0.363 e. The largest absolute Gasteiger partial charge is 0.433 e. The molecule has 1 aliphatic heterocycles. The second-order valence-electron chi connectivity index (χ2n) is 6.94. The van der Waals surface area contributed by atoms with Crippen LogP contribution in [0.25, 0.3) is 0 Å². The number of carbonyl (C=O) groups is 1. The third-order valence-electron chi connectivity index (χ3n) is 4.73. The van der Waals surface area contributed by atoms with Crippen LogP contribution >= 0.6 is 0 Å². The summed E-state index contributed by atoms with van der Waals surface area (Å²) in [4.78, 5) is 23.6. The van der Waals surface area contributed by atoms with Crippen LogP contribution in [0.4, 0.5) is 29.3 Å². The lowest BCUT2D eigenvalue weighted by atomic mass is 9.89. The van der Waals surface area contributed by atoms with E-state index in [1.54, 1.807) is 19.0 Å². The highest BCUT2D eigenvalue weighted by atomic mass is 19.4. The normalized spacial score (nSPS) is 15.6. The molecule has 0 bridgehead atoms. The molecular formula is C19H20F4N4O. The number of benzene rings is 1. The lowest BCUT2D eigenvalue weighted by molar-refractivity contribution is -0.141. The number of Topliss-reactive ketones (excluding diaryl/α,β-unsaturated/α-hetero) is 1. The number of ketones is 1. The van der Waals surface area contributed by atoms with E-state index in [1.165, 1.54) is 29.2 Å². The monoisotopic (exact) mass is 396 g/mol. The summed E-state index contributed by atoms with van der Waals surface area (Å²) < 4.78 is 52.5. The molecule has 2 aromatic rings. The number of hydrogen-bond acceptors (Lipinski definition) is 5. The van der Waals surface area contributed by atoms with Crippen molar-refractivity contribution in [3.05, 3.63) is 47.4 Å². The van der Waals surface area contributed by atoms with Gasteiger partial charge in [-0.2, -0.15) is 18.2 Å². The van der Waals surface area contributed by atoms with Crippen molar-refractivity contribution in [2.24, 2.45) is 5.92 Å². The van der Waals surface area contributed by atoms with Crippen LogP contribution in [-0.4, -0.2) is 42.9 Å². The Balaban J connectivity index is 1.75. The molecule has 0 aliphatic carbocycles. The molecule has 0 saturated carbocycles. The van der Waals surface area contributed by atoms with E-state index < -0.39 is 17.7 Å². The van der Waals surface area contributed by atoms with Gasteiger partial charge in [0, 0.05) is 44.7 Å². The molecule has 3 rings (SSSR count). The Hall–Kier alpha value is -2.71. The summed E-state index contributed by atoms with van der Waals surface area (Å²) in [5, 5.41) is 0. The quantitative estimate of drug-likeness (QED) is 0.581. The Morgan fingerprint density at radius 1 is 1.11 bits per heavy atom. The Labute approximate surface area is 160 Å². The van der Waals surface area contributed by atoms with Crippen LogP contribution in [0.3, 0.4) is 0 Å². The van der Waals surface area contributed by atoms with E-state index in [0.717, 1.165) is 6.07 Å². The van der Waals surface area contributed by atoms with Crippen LogP contribution in [0.5, 0.6) is 0 Å². The fourth-order valence-electron chi connectivity index (χ4n) is 3.13. The number of anilines is 2. The molecule has 0 spiro atoms. The number of rotatable bonds is 4. The molecule has 0 radical (unpaired) electrons. The smallest absolute Gasteiger partial charge is 0.363 e. The second-order valence-corrected chi connectivity index (χ2v) is 6.94. The SMILES string of the molecule is CN(C)c1cc(C(F)(F)F)nc(N2CCC(C(=O)c3ccc(F)cc3)CC2)n1. The molecule has 1 aromatic carbocycles. The molecule has 0 unspecified atom stereocenters. The van der Waals surface area contributed by atoms with E-state index in [1.807, 2.05) is 0 Å². The van der Waals surface area contributed by atoms with E-state index in [4.69, 9.17) is 0 Å². The van der Waals surface area contributed by atoms with Crippen molar-refractivity contribution in [1.29, 1.82) is 0 Å². The van der Waals surface area contributed by atoms with Crippen molar-refractivity contribution in [1.82, 2.24) is 9.97 Å². The Kier molecular flexibility index (Phi) is 5.53. The van der Waals surface area contributed by atoms with Gasteiger partial charge in [-0.3, -0.25) is 4.79 Å². The lowest BCUT2D eigenvalue weighted by Crippen LogP contribution is -2.38. The van der Waals surface area contributed by atoms with Gasteiger partial charge in [-0.05, 0) is 37.1 Å². The highest BCUT2D eigenvalue weighted by molar-refractivity contribution is 5.97. The maximum absolute atomic E-state index is 13.2. The Morgan fingerprint density at radius 2 is 1.71 bits per heavy atom. The molecule has 1 saturated heterocycles. The second kappa shape index (κ2) is 7.73.